The minimum absolute atomic E-state index is 0.0178. The number of fused-ring (bicyclic) bond motifs is 1. The summed E-state index contributed by atoms with van der Waals surface area (Å²) in [4.78, 5) is 11.8. The molecule has 16 heavy (non-hydrogen) atoms. The summed E-state index contributed by atoms with van der Waals surface area (Å²) in [6, 6.07) is 3.68. The molecular weight excluding hydrogens is 206 g/mol. The highest BCUT2D eigenvalue weighted by molar-refractivity contribution is 6.01. The third kappa shape index (κ3) is 1.88. The Morgan fingerprint density at radius 2 is 2.00 bits per heavy atom. The third-order valence-electron chi connectivity index (χ3n) is 2.52. The van der Waals surface area contributed by atoms with Crippen LogP contribution in [0.15, 0.2) is 12.1 Å². The van der Waals surface area contributed by atoms with Gasteiger partial charge >= 0.3 is 0 Å². The van der Waals surface area contributed by atoms with Crippen LogP contribution in [0, 0.1) is 6.92 Å². The predicted molar refractivity (Wildman–Crippen MR) is 60.4 cm³/mol. The molecule has 0 saturated carbocycles. The molecule has 0 bridgehead atoms. The van der Waals surface area contributed by atoms with Gasteiger partial charge in [-0.05, 0) is 25.6 Å². The van der Waals surface area contributed by atoms with Crippen LogP contribution < -0.4 is 14.8 Å². The van der Waals surface area contributed by atoms with Crippen LogP contribution in [0.25, 0.3) is 0 Å². The fourth-order valence-corrected chi connectivity index (χ4v) is 1.75. The normalized spacial score (nSPS) is 13.6. The molecular formula is C12H15NO3. The lowest BCUT2D eigenvalue weighted by atomic mass is 10.1. The standard InChI is InChI=1S/C12H15NO3/c1-8-3-4-9(10(14)7-13-2)12-11(8)15-5-6-16-12/h3-4,13H,5-7H2,1-2H3. The van der Waals surface area contributed by atoms with Crippen LogP contribution in [-0.2, 0) is 0 Å². The highest BCUT2D eigenvalue weighted by Crippen LogP contribution is 2.36. The van der Waals surface area contributed by atoms with E-state index in [4.69, 9.17) is 9.47 Å². The molecule has 1 aromatic carbocycles. The van der Waals surface area contributed by atoms with Gasteiger partial charge in [0, 0.05) is 0 Å². The van der Waals surface area contributed by atoms with Crippen molar-refractivity contribution >= 4 is 5.78 Å². The molecule has 0 atom stereocenters. The lowest BCUT2D eigenvalue weighted by Gasteiger charge is -2.22. The zero-order valence-electron chi connectivity index (χ0n) is 9.50. The smallest absolute Gasteiger partial charge is 0.180 e. The van der Waals surface area contributed by atoms with Crippen molar-refractivity contribution in [3.05, 3.63) is 23.3 Å². The van der Waals surface area contributed by atoms with Crippen molar-refractivity contribution in [1.82, 2.24) is 5.32 Å². The number of ketones is 1. The molecule has 0 spiro atoms. The van der Waals surface area contributed by atoms with E-state index in [9.17, 15) is 4.79 Å². The van der Waals surface area contributed by atoms with E-state index < -0.39 is 0 Å². The second-order valence-electron chi connectivity index (χ2n) is 3.74. The molecule has 2 rings (SSSR count). The number of hydrogen-bond acceptors (Lipinski definition) is 4. The summed E-state index contributed by atoms with van der Waals surface area (Å²) in [5.41, 5.74) is 1.59. The molecule has 1 heterocycles. The molecule has 0 saturated heterocycles. The van der Waals surface area contributed by atoms with E-state index in [0.29, 0.717) is 36.8 Å². The van der Waals surface area contributed by atoms with Crippen molar-refractivity contribution in [2.45, 2.75) is 6.92 Å². The van der Waals surface area contributed by atoms with E-state index in [1.807, 2.05) is 13.0 Å². The second-order valence-corrected chi connectivity index (χ2v) is 3.74. The van der Waals surface area contributed by atoms with E-state index in [-0.39, 0.29) is 5.78 Å². The van der Waals surface area contributed by atoms with Gasteiger partial charge in [0.25, 0.3) is 0 Å². The van der Waals surface area contributed by atoms with Gasteiger partial charge in [0.2, 0.25) is 0 Å². The van der Waals surface area contributed by atoms with Crippen LogP contribution in [0.4, 0.5) is 0 Å². The number of benzene rings is 1. The zero-order valence-corrected chi connectivity index (χ0v) is 9.50. The fraction of sp³-hybridized carbons (Fsp3) is 0.417. The number of aryl methyl sites for hydroxylation is 1. The Balaban J connectivity index is 2.42. The van der Waals surface area contributed by atoms with Crippen LogP contribution in [0.5, 0.6) is 11.5 Å². The Hall–Kier alpha value is -1.55. The number of rotatable bonds is 3. The quantitative estimate of drug-likeness (QED) is 0.778. The Labute approximate surface area is 94.6 Å². The number of likely N-dealkylation sites (N-methyl/N-ethyl adjacent to an activating group) is 1. The van der Waals surface area contributed by atoms with Gasteiger partial charge in [-0.1, -0.05) is 6.07 Å². The lowest BCUT2D eigenvalue weighted by molar-refractivity contribution is 0.0982. The minimum atomic E-state index is 0.0178. The maximum absolute atomic E-state index is 11.8. The molecule has 0 aromatic heterocycles. The van der Waals surface area contributed by atoms with E-state index in [0.717, 1.165) is 5.56 Å². The Kier molecular flexibility index (Phi) is 3.10. The van der Waals surface area contributed by atoms with Crippen LogP contribution in [-0.4, -0.2) is 32.6 Å². The van der Waals surface area contributed by atoms with E-state index >= 15 is 0 Å². The Bertz CT molecular complexity index is 415. The summed E-state index contributed by atoms with van der Waals surface area (Å²) in [5, 5.41) is 2.84. The largest absolute Gasteiger partial charge is 0.486 e. The van der Waals surface area contributed by atoms with Gasteiger partial charge < -0.3 is 14.8 Å². The monoisotopic (exact) mass is 221 g/mol. The second kappa shape index (κ2) is 4.53. The first-order valence-electron chi connectivity index (χ1n) is 5.31. The van der Waals surface area contributed by atoms with Gasteiger partial charge in [0.1, 0.15) is 13.2 Å². The van der Waals surface area contributed by atoms with Crippen molar-refractivity contribution in [1.29, 1.82) is 0 Å². The summed E-state index contributed by atoms with van der Waals surface area (Å²) in [7, 11) is 1.75. The lowest BCUT2D eigenvalue weighted by Crippen LogP contribution is -2.22. The predicted octanol–water partition coefficient (Wildman–Crippen LogP) is 1.17. The number of carbonyl (C=O) groups excluding carboxylic acids is 1. The molecule has 1 aromatic rings. The molecule has 1 aliphatic rings. The van der Waals surface area contributed by atoms with Gasteiger partial charge in [0.15, 0.2) is 17.3 Å². The summed E-state index contributed by atoms with van der Waals surface area (Å²) in [5.74, 6) is 1.31. The number of carbonyl (C=O) groups is 1. The van der Waals surface area contributed by atoms with E-state index in [1.54, 1.807) is 13.1 Å². The van der Waals surface area contributed by atoms with Gasteiger partial charge in [-0.25, -0.2) is 0 Å². The van der Waals surface area contributed by atoms with Crippen molar-refractivity contribution in [2.75, 3.05) is 26.8 Å². The first kappa shape index (κ1) is 11.0. The van der Waals surface area contributed by atoms with E-state index in [2.05, 4.69) is 5.32 Å². The molecule has 4 nitrogen and oxygen atoms in total. The molecule has 4 heteroatoms. The van der Waals surface area contributed by atoms with Gasteiger partial charge in [-0.2, -0.15) is 0 Å². The Morgan fingerprint density at radius 1 is 1.31 bits per heavy atom. The van der Waals surface area contributed by atoms with Gasteiger partial charge in [0.05, 0.1) is 12.1 Å². The number of hydrogen-bond donors (Lipinski definition) is 1. The Morgan fingerprint density at radius 3 is 2.69 bits per heavy atom. The minimum Gasteiger partial charge on any atom is -0.486 e. The summed E-state index contributed by atoms with van der Waals surface area (Å²) in [6.07, 6.45) is 0. The number of nitrogens with one attached hydrogen (secondary N) is 1. The molecule has 86 valence electrons. The fourth-order valence-electron chi connectivity index (χ4n) is 1.75. The van der Waals surface area contributed by atoms with Crippen molar-refractivity contribution in [2.24, 2.45) is 0 Å². The van der Waals surface area contributed by atoms with Gasteiger partial charge in [-0.15, -0.1) is 0 Å². The topological polar surface area (TPSA) is 47.6 Å². The van der Waals surface area contributed by atoms with E-state index in [1.165, 1.54) is 0 Å². The highest BCUT2D eigenvalue weighted by Gasteiger charge is 2.21. The molecule has 1 aliphatic heterocycles. The molecule has 0 radical (unpaired) electrons. The van der Waals surface area contributed by atoms with Crippen molar-refractivity contribution < 1.29 is 14.3 Å². The SMILES string of the molecule is CNCC(=O)c1ccc(C)c2c1OCCO2. The maximum atomic E-state index is 11.8. The van der Waals surface area contributed by atoms with Gasteiger partial charge in [-0.3, -0.25) is 4.79 Å². The first-order valence-corrected chi connectivity index (χ1v) is 5.31. The molecule has 0 aliphatic carbocycles. The van der Waals surface area contributed by atoms with Crippen LogP contribution >= 0.6 is 0 Å². The van der Waals surface area contributed by atoms with Crippen molar-refractivity contribution in [3.63, 3.8) is 0 Å². The maximum Gasteiger partial charge on any atom is 0.180 e. The summed E-state index contributed by atoms with van der Waals surface area (Å²) in [6.45, 7) is 3.28. The molecule has 0 fully saturated rings. The van der Waals surface area contributed by atoms with Crippen molar-refractivity contribution in [3.8, 4) is 11.5 Å². The molecule has 0 amide bonds. The zero-order chi connectivity index (χ0) is 11.5. The third-order valence-corrected chi connectivity index (χ3v) is 2.52. The summed E-state index contributed by atoms with van der Waals surface area (Å²) < 4.78 is 11.1. The average Bonchev–Trinajstić information content (AvgIpc) is 2.30. The highest BCUT2D eigenvalue weighted by atomic mass is 16.6. The first-order chi connectivity index (χ1) is 7.74. The average molecular weight is 221 g/mol. The number of ether oxygens (including phenoxy) is 2. The number of Topliss-reactive ketones (excluding diaryl/α,β-unsaturated/α-hetero) is 1. The van der Waals surface area contributed by atoms with Crippen LogP contribution in [0.3, 0.4) is 0 Å². The van der Waals surface area contributed by atoms with Crippen LogP contribution in [0.1, 0.15) is 15.9 Å². The molecule has 1 N–H and O–H groups in total. The van der Waals surface area contributed by atoms with Crippen LogP contribution in [0.2, 0.25) is 0 Å². The molecule has 0 unspecified atom stereocenters. The summed E-state index contributed by atoms with van der Waals surface area (Å²) >= 11 is 0.